The zero-order valence-corrected chi connectivity index (χ0v) is 11.9. The van der Waals surface area contributed by atoms with Gasteiger partial charge in [-0.2, -0.15) is 5.26 Å². The Labute approximate surface area is 119 Å². The predicted octanol–water partition coefficient (Wildman–Crippen LogP) is 2.06. The maximum absolute atomic E-state index is 11.8. The summed E-state index contributed by atoms with van der Waals surface area (Å²) in [7, 11) is 3.14. The highest BCUT2D eigenvalue weighted by atomic mass is 16.5. The fourth-order valence-corrected chi connectivity index (χ4v) is 1.80. The summed E-state index contributed by atoms with van der Waals surface area (Å²) in [5, 5.41) is 11.2. The third-order valence-corrected chi connectivity index (χ3v) is 2.85. The minimum absolute atomic E-state index is 0.0332. The number of hydrogen-bond donors (Lipinski definition) is 1. The summed E-state index contributed by atoms with van der Waals surface area (Å²) in [5.41, 5.74) is 0.872. The van der Waals surface area contributed by atoms with Gasteiger partial charge in [-0.1, -0.05) is 6.07 Å². The lowest BCUT2D eigenvalue weighted by atomic mass is 10.1. The third-order valence-electron chi connectivity index (χ3n) is 2.85. The molecular formula is C15H20N2O3. The van der Waals surface area contributed by atoms with E-state index in [9.17, 15) is 4.79 Å². The second kappa shape index (κ2) is 8.81. The van der Waals surface area contributed by atoms with Crippen LogP contribution >= 0.6 is 0 Å². The van der Waals surface area contributed by atoms with Gasteiger partial charge in [0.1, 0.15) is 0 Å². The van der Waals surface area contributed by atoms with E-state index in [0.717, 1.165) is 18.4 Å². The summed E-state index contributed by atoms with van der Waals surface area (Å²) in [5.74, 6) is 1.23. The molecule has 0 saturated heterocycles. The Bertz CT molecular complexity index is 480. The van der Waals surface area contributed by atoms with Crippen molar-refractivity contribution < 1.29 is 14.3 Å². The summed E-state index contributed by atoms with van der Waals surface area (Å²) >= 11 is 0. The summed E-state index contributed by atoms with van der Waals surface area (Å²) in [6.45, 7) is 0.605. The fourth-order valence-electron chi connectivity index (χ4n) is 1.80. The molecule has 1 rings (SSSR count). The Morgan fingerprint density at radius 1 is 1.25 bits per heavy atom. The van der Waals surface area contributed by atoms with Crippen LogP contribution in [0.25, 0.3) is 0 Å². The first-order valence-electron chi connectivity index (χ1n) is 6.55. The van der Waals surface area contributed by atoms with Crippen LogP contribution in [0.2, 0.25) is 0 Å². The van der Waals surface area contributed by atoms with Crippen LogP contribution in [0.4, 0.5) is 0 Å². The molecule has 20 heavy (non-hydrogen) atoms. The third kappa shape index (κ3) is 5.19. The van der Waals surface area contributed by atoms with Crippen molar-refractivity contribution in [3.05, 3.63) is 23.8 Å². The lowest BCUT2D eigenvalue weighted by molar-refractivity contribution is -0.120. The molecule has 0 aliphatic heterocycles. The molecule has 0 aliphatic carbocycles. The van der Waals surface area contributed by atoms with Gasteiger partial charge in [-0.25, -0.2) is 0 Å². The van der Waals surface area contributed by atoms with Gasteiger partial charge in [0.25, 0.3) is 0 Å². The van der Waals surface area contributed by atoms with Crippen molar-refractivity contribution in [1.29, 1.82) is 5.26 Å². The molecule has 0 aliphatic rings. The summed E-state index contributed by atoms with van der Waals surface area (Å²) < 4.78 is 10.3. The molecule has 0 unspecified atom stereocenters. The van der Waals surface area contributed by atoms with Crippen LogP contribution in [0.5, 0.6) is 11.5 Å². The number of rotatable bonds is 8. The Hall–Kier alpha value is -2.22. The quantitative estimate of drug-likeness (QED) is 0.738. The minimum Gasteiger partial charge on any atom is -0.493 e. The number of benzene rings is 1. The second-order valence-electron chi connectivity index (χ2n) is 4.33. The van der Waals surface area contributed by atoms with Crippen molar-refractivity contribution in [2.75, 3.05) is 20.8 Å². The molecule has 5 heteroatoms. The standard InChI is InChI=1S/C15H20N2O3/c1-19-13-7-6-12(10-14(13)20-2)11-15(18)17-9-5-3-4-8-16/h6-7,10H,3-5,9,11H2,1-2H3,(H,17,18). The zero-order chi connectivity index (χ0) is 14.8. The number of nitrogens with zero attached hydrogens (tertiary/aromatic N) is 1. The normalized spacial score (nSPS) is 9.65. The molecule has 0 aromatic heterocycles. The monoisotopic (exact) mass is 276 g/mol. The van der Waals surface area contributed by atoms with Crippen molar-refractivity contribution in [1.82, 2.24) is 5.32 Å². The van der Waals surface area contributed by atoms with E-state index in [1.165, 1.54) is 0 Å². The molecule has 0 atom stereocenters. The molecule has 0 spiro atoms. The van der Waals surface area contributed by atoms with Gasteiger partial charge in [0.2, 0.25) is 5.91 Å². The molecule has 0 radical (unpaired) electrons. The topological polar surface area (TPSA) is 71.3 Å². The van der Waals surface area contributed by atoms with Gasteiger partial charge in [0, 0.05) is 13.0 Å². The Kier molecular flexibility index (Phi) is 6.97. The maximum atomic E-state index is 11.8. The second-order valence-corrected chi connectivity index (χ2v) is 4.33. The number of carbonyl (C=O) groups excluding carboxylic acids is 1. The Morgan fingerprint density at radius 2 is 2.00 bits per heavy atom. The molecule has 108 valence electrons. The van der Waals surface area contributed by atoms with E-state index in [4.69, 9.17) is 14.7 Å². The smallest absolute Gasteiger partial charge is 0.224 e. The highest BCUT2D eigenvalue weighted by Crippen LogP contribution is 2.27. The zero-order valence-electron chi connectivity index (χ0n) is 11.9. The Balaban J connectivity index is 2.44. The number of unbranched alkanes of at least 4 members (excludes halogenated alkanes) is 2. The molecule has 1 aromatic rings. The minimum atomic E-state index is -0.0332. The van der Waals surface area contributed by atoms with Crippen LogP contribution < -0.4 is 14.8 Å². The number of hydrogen-bond acceptors (Lipinski definition) is 4. The molecule has 1 amide bonds. The Morgan fingerprint density at radius 3 is 2.65 bits per heavy atom. The largest absolute Gasteiger partial charge is 0.493 e. The first kappa shape index (κ1) is 15.8. The molecule has 0 heterocycles. The molecular weight excluding hydrogens is 256 g/mol. The number of carbonyl (C=O) groups is 1. The van der Waals surface area contributed by atoms with Crippen molar-refractivity contribution in [3.63, 3.8) is 0 Å². The summed E-state index contributed by atoms with van der Waals surface area (Å²) in [6, 6.07) is 7.51. The van der Waals surface area contributed by atoms with E-state index in [0.29, 0.717) is 30.9 Å². The highest BCUT2D eigenvalue weighted by molar-refractivity contribution is 5.78. The molecule has 0 fully saturated rings. The van der Waals surface area contributed by atoms with Gasteiger partial charge in [0.05, 0.1) is 26.7 Å². The van der Waals surface area contributed by atoms with Crippen molar-refractivity contribution >= 4 is 5.91 Å². The van der Waals surface area contributed by atoms with Crippen LogP contribution in [0.1, 0.15) is 24.8 Å². The average Bonchev–Trinajstić information content (AvgIpc) is 2.46. The van der Waals surface area contributed by atoms with Crippen LogP contribution in [0, 0.1) is 11.3 Å². The lowest BCUT2D eigenvalue weighted by Crippen LogP contribution is -2.26. The predicted molar refractivity (Wildman–Crippen MR) is 75.7 cm³/mol. The first-order valence-corrected chi connectivity index (χ1v) is 6.55. The molecule has 1 N–H and O–H groups in total. The van der Waals surface area contributed by atoms with E-state index in [2.05, 4.69) is 11.4 Å². The van der Waals surface area contributed by atoms with Crippen molar-refractivity contribution in [2.45, 2.75) is 25.7 Å². The van der Waals surface area contributed by atoms with Crippen molar-refractivity contribution in [2.24, 2.45) is 0 Å². The van der Waals surface area contributed by atoms with Gasteiger partial charge < -0.3 is 14.8 Å². The van der Waals surface area contributed by atoms with E-state index >= 15 is 0 Å². The fraction of sp³-hybridized carbons (Fsp3) is 0.467. The van der Waals surface area contributed by atoms with Crippen LogP contribution in [-0.2, 0) is 11.2 Å². The first-order chi connectivity index (χ1) is 9.71. The number of nitriles is 1. The van der Waals surface area contributed by atoms with E-state index in [-0.39, 0.29) is 5.91 Å². The van der Waals surface area contributed by atoms with E-state index in [1.54, 1.807) is 26.4 Å². The summed E-state index contributed by atoms with van der Waals surface area (Å²) in [6.07, 6.45) is 2.47. The van der Waals surface area contributed by atoms with Gasteiger partial charge in [-0.3, -0.25) is 4.79 Å². The average molecular weight is 276 g/mol. The number of nitrogens with one attached hydrogen (secondary N) is 1. The molecule has 1 aromatic carbocycles. The van der Waals surface area contributed by atoms with E-state index in [1.807, 2.05) is 6.07 Å². The van der Waals surface area contributed by atoms with Crippen LogP contribution in [-0.4, -0.2) is 26.7 Å². The highest BCUT2D eigenvalue weighted by Gasteiger charge is 2.07. The SMILES string of the molecule is COc1ccc(CC(=O)NCCCCC#N)cc1OC. The van der Waals surface area contributed by atoms with Crippen molar-refractivity contribution in [3.8, 4) is 17.6 Å². The molecule has 5 nitrogen and oxygen atoms in total. The van der Waals surface area contributed by atoms with Gasteiger partial charge in [-0.15, -0.1) is 0 Å². The van der Waals surface area contributed by atoms with Gasteiger partial charge >= 0.3 is 0 Å². The number of amides is 1. The number of methoxy groups -OCH3 is 2. The molecule has 0 bridgehead atoms. The van der Waals surface area contributed by atoms with Crippen LogP contribution in [0.3, 0.4) is 0 Å². The number of ether oxygens (including phenoxy) is 2. The van der Waals surface area contributed by atoms with Gasteiger partial charge in [-0.05, 0) is 30.5 Å². The van der Waals surface area contributed by atoms with E-state index < -0.39 is 0 Å². The molecule has 0 saturated carbocycles. The van der Waals surface area contributed by atoms with Crippen LogP contribution in [0.15, 0.2) is 18.2 Å². The van der Waals surface area contributed by atoms with Gasteiger partial charge in [0.15, 0.2) is 11.5 Å². The maximum Gasteiger partial charge on any atom is 0.224 e. The lowest BCUT2D eigenvalue weighted by Gasteiger charge is -2.09. The summed E-state index contributed by atoms with van der Waals surface area (Å²) in [4.78, 5) is 11.8.